The van der Waals surface area contributed by atoms with Crippen LogP contribution in [0.5, 0.6) is 0 Å². The fraction of sp³-hybridized carbons (Fsp3) is 0.875. The fourth-order valence-corrected chi connectivity index (χ4v) is 1.77. The molecular formula is C8H12O4. The summed E-state index contributed by atoms with van der Waals surface area (Å²) in [6.45, 7) is 1.14. The first-order chi connectivity index (χ1) is 5.77. The van der Waals surface area contributed by atoms with E-state index in [0.717, 1.165) is 0 Å². The summed E-state index contributed by atoms with van der Waals surface area (Å²) in [6.07, 6.45) is -0.272. The summed E-state index contributed by atoms with van der Waals surface area (Å²) in [4.78, 5) is 10.9. The number of aliphatic hydroxyl groups excluding tert-OH is 1. The summed E-state index contributed by atoms with van der Waals surface area (Å²) in [6, 6.07) is 0. The molecule has 12 heavy (non-hydrogen) atoms. The number of ketones is 1. The van der Waals surface area contributed by atoms with E-state index < -0.39 is 6.10 Å². The molecule has 4 heteroatoms. The fourth-order valence-electron chi connectivity index (χ4n) is 1.77. The zero-order valence-electron chi connectivity index (χ0n) is 6.73. The Kier molecular flexibility index (Phi) is 2.12. The van der Waals surface area contributed by atoms with E-state index in [9.17, 15) is 9.90 Å². The third-order valence-corrected chi connectivity index (χ3v) is 2.39. The molecule has 1 heterocycles. The van der Waals surface area contributed by atoms with Gasteiger partial charge in [0.15, 0.2) is 6.29 Å². The average Bonchev–Trinajstić information content (AvgIpc) is 2.58. The van der Waals surface area contributed by atoms with Crippen molar-refractivity contribution in [3.63, 3.8) is 0 Å². The number of rotatable bonds is 1. The highest BCUT2D eigenvalue weighted by Crippen LogP contribution is 2.29. The van der Waals surface area contributed by atoms with Gasteiger partial charge < -0.3 is 14.6 Å². The van der Waals surface area contributed by atoms with Gasteiger partial charge in [0.05, 0.1) is 19.3 Å². The molecule has 0 aromatic rings. The van der Waals surface area contributed by atoms with Crippen LogP contribution in [0.3, 0.4) is 0 Å². The molecule has 0 amide bonds. The Labute approximate surface area is 70.5 Å². The molecule has 1 aliphatic heterocycles. The van der Waals surface area contributed by atoms with Crippen LogP contribution in [0.25, 0.3) is 0 Å². The number of carbonyl (C=O) groups excluding carboxylic acids is 1. The lowest BCUT2D eigenvalue weighted by molar-refractivity contribution is -0.120. The van der Waals surface area contributed by atoms with Crippen LogP contribution in [0.2, 0.25) is 0 Å². The lowest BCUT2D eigenvalue weighted by Crippen LogP contribution is -2.27. The van der Waals surface area contributed by atoms with Gasteiger partial charge in [-0.25, -0.2) is 0 Å². The highest BCUT2D eigenvalue weighted by atomic mass is 16.7. The number of hydrogen-bond acceptors (Lipinski definition) is 4. The third kappa shape index (κ3) is 1.37. The molecule has 4 nitrogen and oxygen atoms in total. The zero-order valence-corrected chi connectivity index (χ0v) is 6.73. The van der Waals surface area contributed by atoms with Crippen molar-refractivity contribution in [1.29, 1.82) is 0 Å². The molecule has 1 saturated carbocycles. The molecule has 1 saturated heterocycles. The first-order valence-electron chi connectivity index (χ1n) is 4.20. The van der Waals surface area contributed by atoms with E-state index in [2.05, 4.69) is 0 Å². The van der Waals surface area contributed by atoms with Crippen LogP contribution >= 0.6 is 0 Å². The first kappa shape index (κ1) is 8.16. The Balaban J connectivity index is 1.98. The maximum Gasteiger partial charge on any atom is 0.163 e. The summed E-state index contributed by atoms with van der Waals surface area (Å²) in [5.74, 6) is -0.0356. The van der Waals surface area contributed by atoms with E-state index in [0.29, 0.717) is 19.6 Å². The van der Waals surface area contributed by atoms with Gasteiger partial charge in [0.25, 0.3) is 0 Å². The smallest absolute Gasteiger partial charge is 0.163 e. The molecule has 2 atom stereocenters. The van der Waals surface area contributed by atoms with Crippen LogP contribution < -0.4 is 0 Å². The quantitative estimate of drug-likeness (QED) is 0.590. The summed E-state index contributed by atoms with van der Waals surface area (Å²) in [5, 5.41) is 9.44. The Morgan fingerprint density at radius 2 is 1.92 bits per heavy atom. The topological polar surface area (TPSA) is 55.8 Å². The summed E-state index contributed by atoms with van der Waals surface area (Å²) in [7, 11) is 0. The molecule has 0 aromatic heterocycles. The van der Waals surface area contributed by atoms with Gasteiger partial charge >= 0.3 is 0 Å². The maximum absolute atomic E-state index is 10.9. The van der Waals surface area contributed by atoms with E-state index in [1.54, 1.807) is 0 Å². The van der Waals surface area contributed by atoms with Gasteiger partial charge in [-0.1, -0.05) is 0 Å². The van der Waals surface area contributed by atoms with Crippen molar-refractivity contribution < 1.29 is 19.4 Å². The summed E-state index contributed by atoms with van der Waals surface area (Å²) < 4.78 is 10.4. The number of ether oxygens (including phenoxy) is 2. The van der Waals surface area contributed by atoms with Gasteiger partial charge in [0.2, 0.25) is 0 Å². The number of hydrogen-bond donors (Lipinski definition) is 1. The second-order valence-electron chi connectivity index (χ2n) is 3.29. The average molecular weight is 172 g/mol. The molecule has 2 aliphatic rings. The van der Waals surface area contributed by atoms with Crippen molar-refractivity contribution in [3.8, 4) is 0 Å². The standard InChI is InChI=1S/C8H12O4/c9-5-3-6(7(10)4-5)8-11-1-2-12-8/h6-8,10H,1-4H2/t6-,7-/m0/s1. The number of carbonyl (C=O) groups is 1. The van der Waals surface area contributed by atoms with Crippen molar-refractivity contribution in [2.75, 3.05) is 13.2 Å². The Hall–Kier alpha value is -0.450. The van der Waals surface area contributed by atoms with Crippen molar-refractivity contribution in [1.82, 2.24) is 0 Å². The third-order valence-electron chi connectivity index (χ3n) is 2.39. The normalized spacial score (nSPS) is 37.9. The highest BCUT2D eigenvalue weighted by Gasteiger charge is 2.39. The van der Waals surface area contributed by atoms with E-state index in [1.807, 2.05) is 0 Å². The first-order valence-corrected chi connectivity index (χ1v) is 4.20. The zero-order chi connectivity index (χ0) is 8.55. The predicted molar refractivity (Wildman–Crippen MR) is 39.4 cm³/mol. The minimum absolute atomic E-state index is 0.103. The highest BCUT2D eigenvalue weighted by molar-refractivity contribution is 5.81. The molecule has 1 aliphatic carbocycles. The van der Waals surface area contributed by atoms with Gasteiger partial charge in [-0.15, -0.1) is 0 Å². The molecule has 0 unspecified atom stereocenters. The van der Waals surface area contributed by atoms with Gasteiger partial charge in [0, 0.05) is 18.8 Å². The molecule has 0 aromatic carbocycles. The number of Topliss-reactive ketones (excluding diaryl/α,β-unsaturated/α-hetero) is 1. The van der Waals surface area contributed by atoms with Gasteiger partial charge in [-0.3, -0.25) is 4.79 Å². The van der Waals surface area contributed by atoms with Crippen LogP contribution in [-0.4, -0.2) is 36.5 Å². The van der Waals surface area contributed by atoms with E-state index in [4.69, 9.17) is 9.47 Å². The van der Waals surface area contributed by atoms with Crippen LogP contribution in [0.1, 0.15) is 12.8 Å². The second kappa shape index (κ2) is 3.12. The van der Waals surface area contributed by atoms with Gasteiger partial charge in [-0.05, 0) is 0 Å². The summed E-state index contributed by atoms with van der Waals surface area (Å²) in [5.41, 5.74) is 0. The molecule has 2 fully saturated rings. The van der Waals surface area contributed by atoms with Crippen LogP contribution in [-0.2, 0) is 14.3 Å². The second-order valence-corrected chi connectivity index (χ2v) is 3.29. The van der Waals surface area contributed by atoms with Gasteiger partial charge in [-0.2, -0.15) is 0 Å². The van der Waals surface area contributed by atoms with Gasteiger partial charge in [0.1, 0.15) is 5.78 Å². The minimum atomic E-state index is -0.569. The molecule has 1 N–H and O–H groups in total. The van der Waals surface area contributed by atoms with Crippen molar-refractivity contribution in [2.24, 2.45) is 5.92 Å². The van der Waals surface area contributed by atoms with Crippen LogP contribution in [0, 0.1) is 5.92 Å². The lowest BCUT2D eigenvalue weighted by Gasteiger charge is -2.18. The molecular weight excluding hydrogens is 160 g/mol. The number of aliphatic hydroxyl groups is 1. The maximum atomic E-state index is 10.9. The summed E-state index contributed by atoms with van der Waals surface area (Å²) >= 11 is 0. The lowest BCUT2D eigenvalue weighted by atomic mass is 10.1. The monoisotopic (exact) mass is 172 g/mol. The van der Waals surface area contributed by atoms with Crippen molar-refractivity contribution in [3.05, 3.63) is 0 Å². The van der Waals surface area contributed by atoms with Crippen LogP contribution in [0.15, 0.2) is 0 Å². The Bertz CT molecular complexity index is 185. The Morgan fingerprint density at radius 3 is 2.42 bits per heavy atom. The molecule has 0 radical (unpaired) electrons. The SMILES string of the molecule is O=C1C[C@H](C2OCCO2)[C@@H](O)C1. The molecule has 68 valence electrons. The predicted octanol–water partition coefficient (Wildman–Crippen LogP) is -0.301. The molecule has 0 bridgehead atoms. The largest absolute Gasteiger partial charge is 0.392 e. The molecule has 2 rings (SSSR count). The van der Waals surface area contributed by atoms with E-state index >= 15 is 0 Å². The van der Waals surface area contributed by atoms with Crippen molar-refractivity contribution >= 4 is 5.78 Å². The van der Waals surface area contributed by atoms with E-state index in [1.165, 1.54) is 0 Å². The van der Waals surface area contributed by atoms with Crippen LogP contribution in [0.4, 0.5) is 0 Å². The van der Waals surface area contributed by atoms with Crippen molar-refractivity contribution in [2.45, 2.75) is 25.2 Å². The molecule has 0 spiro atoms. The minimum Gasteiger partial charge on any atom is -0.392 e. The van der Waals surface area contributed by atoms with E-state index in [-0.39, 0.29) is 24.4 Å². The Morgan fingerprint density at radius 1 is 1.25 bits per heavy atom.